The molecule has 1 aromatic carbocycles. The van der Waals surface area contributed by atoms with E-state index in [-0.39, 0.29) is 23.8 Å². The summed E-state index contributed by atoms with van der Waals surface area (Å²) in [7, 11) is -3.04. The lowest BCUT2D eigenvalue weighted by Crippen LogP contribution is -2.15. The van der Waals surface area contributed by atoms with Gasteiger partial charge < -0.3 is 11.1 Å². The Kier molecular flexibility index (Phi) is 6.29. The maximum absolute atomic E-state index is 11.7. The highest BCUT2D eigenvalue weighted by Crippen LogP contribution is 2.24. The maximum Gasteiger partial charge on any atom is 0.224 e. The number of halogens is 1. The molecule has 0 aliphatic rings. The summed E-state index contributed by atoms with van der Waals surface area (Å²) in [6, 6.07) is 4.79. The zero-order valence-corrected chi connectivity index (χ0v) is 12.9. The van der Waals surface area contributed by atoms with E-state index in [1.807, 2.05) is 6.92 Å². The van der Waals surface area contributed by atoms with E-state index in [0.29, 0.717) is 29.2 Å². The summed E-state index contributed by atoms with van der Waals surface area (Å²) in [6.45, 7) is 1.81. The fourth-order valence-electron chi connectivity index (χ4n) is 1.71. The number of carbonyl (C=O) groups excluding carboxylic acids is 1. The van der Waals surface area contributed by atoms with Crippen LogP contribution < -0.4 is 11.1 Å². The Morgan fingerprint density at radius 2 is 2.05 bits per heavy atom. The summed E-state index contributed by atoms with van der Waals surface area (Å²) in [5, 5.41) is 2.99. The average molecular weight is 319 g/mol. The first-order valence-corrected chi connectivity index (χ1v) is 8.59. The Morgan fingerprint density at radius 1 is 1.35 bits per heavy atom. The number of hydrogen-bond acceptors (Lipinski definition) is 4. The molecule has 0 atom stereocenters. The topological polar surface area (TPSA) is 89.3 Å². The van der Waals surface area contributed by atoms with Crippen molar-refractivity contribution in [2.75, 3.05) is 22.6 Å². The van der Waals surface area contributed by atoms with Crippen molar-refractivity contribution in [2.24, 2.45) is 0 Å². The van der Waals surface area contributed by atoms with Gasteiger partial charge in [-0.15, -0.1) is 0 Å². The predicted molar refractivity (Wildman–Crippen MR) is 82.7 cm³/mol. The zero-order chi connectivity index (χ0) is 15.2. The van der Waals surface area contributed by atoms with Crippen LogP contribution in [0.1, 0.15) is 26.2 Å². The molecule has 0 saturated carbocycles. The van der Waals surface area contributed by atoms with Crippen molar-refractivity contribution < 1.29 is 13.2 Å². The average Bonchev–Trinajstić information content (AvgIpc) is 2.32. The number of anilines is 2. The Morgan fingerprint density at radius 3 is 2.65 bits per heavy atom. The van der Waals surface area contributed by atoms with Gasteiger partial charge in [-0.2, -0.15) is 0 Å². The van der Waals surface area contributed by atoms with Crippen molar-refractivity contribution in [1.82, 2.24) is 0 Å². The third-order valence-electron chi connectivity index (χ3n) is 2.64. The van der Waals surface area contributed by atoms with E-state index in [1.165, 1.54) is 0 Å². The van der Waals surface area contributed by atoms with Gasteiger partial charge in [-0.1, -0.05) is 18.5 Å². The van der Waals surface area contributed by atoms with Crippen molar-refractivity contribution in [3.05, 3.63) is 23.2 Å². The summed E-state index contributed by atoms with van der Waals surface area (Å²) in [6.07, 6.45) is 1.04. The van der Waals surface area contributed by atoms with Crippen LogP contribution in [0.4, 0.5) is 11.4 Å². The van der Waals surface area contributed by atoms with Crippen LogP contribution in [-0.2, 0) is 14.6 Å². The highest BCUT2D eigenvalue weighted by molar-refractivity contribution is 7.91. The first-order valence-electron chi connectivity index (χ1n) is 6.39. The van der Waals surface area contributed by atoms with E-state index in [1.54, 1.807) is 18.2 Å². The van der Waals surface area contributed by atoms with Gasteiger partial charge in [0.2, 0.25) is 5.91 Å². The third-order valence-corrected chi connectivity index (χ3v) is 4.90. The lowest BCUT2D eigenvalue weighted by Gasteiger charge is -2.08. The highest BCUT2D eigenvalue weighted by atomic mass is 35.5. The standard InChI is InChI=1S/C13H19ClN2O3S/c1-2-7-20(18,19)8-3-4-13(17)16-12-6-5-10(15)9-11(12)14/h5-6,9H,2-4,7-8,15H2,1H3,(H,16,17). The minimum absolute atomic E-state index is 0.0315. The number of nitrogens with two attached hydrogens (primary N) is 1. The fraction of sp³-hybridized carbons (Fsp3) is 0.462. The molecule has 0 spiro atoms. The van der Waals surface area contributed by atoms with Gasteiger partial charge in [0.25, 0.3) is 0 Å². The summed E-state index contributed by atoms with van der Waals surface area (Å²) in [4.78, 5) is 11.7. The summed E-state index contributed by atoms with van der Waals surface area (Å²) in [5.74, 6) is -0.0642. The lowest BCUT2D eigenvalue weighted by atomic mass is 10.2. The summed E-state index contributed by atoms with van der Waals surface area (Å²) >= 11 is 5.93. The van der Waals surface area contributed by atoms with Crippen LogP contribution in [0.25, 0.3) is 0 Å². The smallest absolute Gasteiger partial charge is 0.224 e. The predicted octanol–water partition coefficient (Wildman–Crippen LogP) is 2.47. The largest absolute Gasteiger partial charge is 0.399 e. The quantitative estimate of drug-likeness (QED) is 0.756. The number of amides is 1. The number of nitrogens with one attached hydrogen (secondary N) is 1. The van der Waals surface area contributed by atoms with Crippen LogP contribution in [0.5, 0.6) is 0 Å². The number of nitrogen functional groups attached to an aromatic ring is 1. The molecule has 0 unspecified atom stereocenters. The van der Waals surface area contributed by atoms with Crippen LogP contribution in [0.3, 0.4) is 0 Å². The van der Waals surface area contributed by atoms with E-state index in [2.05, 4.69) is 5.32 Å². The molecule has 1 aromatic rings. The second kappa shape index (κ2) is 7.50. The number of benzene rings is 1. The van der Waals surface area contributed by atoms with Gasteiger partial charge in [0, 0.05) is 17.9 Å². The van der Waals surface area contributed by atoms with E-state index >= 15 is 0 Å². The van der Waals surface area contributed by atoms with Crippen LogP contribution in [0.15, 0.2) is 18.2 Å². The second-order valence-corrected chi connectivity index (χ2v) is 7.25. The van der Waals surface area contributed by atoms with Crippen molar-refractivity contribution >= 4 is 38.7 Å². The van der Waals surface area contributed by atoms with Crippen LogP contribution in [-0.4, -0.2) is 25.8 Å². The number of carbonyl (C=O) groups is 1. The molecule has 7 heteroatoms. The SMILES string of the molecule is CCCS(=O)(=O)CCCC(=O)Nc1ccc(N)cc1Cl. The van der Waals surface area contributed by atoms with E-state index in [4.69, 9.17) is 17.3 Å². The van der Waals surface area contributed by atoms with Crippen molar-refractivity contribution in [3.8, 4) is 0 Å². The molecular weight excluding hydrogens is 300 g/mol. The number of sulfone groups is 1. The molecule has 0 aliphatic heterocycles. The first-order chi connectivity index (χ1) is 9.34. The molecule has 0 aliphatic carbocycles. The Bertz CT molecular complexity index is 573. The van der Waals surface area contributed by atoms with Gasteiger partial charge in [-0.25, -0.2) is 8.42 Å². The Balaban J connectivity index is 2.45. The van der Waals surface area contributed by atoms with Gasteiger partial charge in [0.15, 0.2) is 0 Å². The van der Waals surface area contributed by atoms with Gasteiger partial charge in [0.1, 0.15) is 9.84 Å². The molecule has 3 N–H and O–H groups in total. The third kappa shape index (κ3) is 5.79. The van der Waals surface area contributed by atoms with Gasteiger partial charge in [0.05, 0.1) is 16.5 Å². The van der Waals surface area contributed by atoms with Crippen LogP contribution in [0, 0.1) is 0 Å². The number of rotatable bonds is 7. The summed E-state index contributed by atoms with van der Waals surface area (Å²) < 4.78 is 23.0. The molecule has 0 aromatic heterocycles. The maximum atomic E-state index is 11.7. The van der Waals surface area contributed by atoms with E-state index in [9.17, 15) is 13.2 Å². The van der Waals surface area contributed by atoms with E-state index in [0.717, 1.165) is 0 Å². The molecular formula is C13H19ClN2O3S. The monoisotopic (exact) mass is 318 g/mol. The molecule has 5 nitrogen and oxygen atoms in total. The fourth-order valence-corrected chi connectivity index (χ4v) is 3.36. The molecule has 1 amide bonds. The molecule has 20 heavy (non-hydrogen) atoms. The Hall–Kier alpha value is -1.27. The van der Waals surface area contributed by atoms with Crippen LogP contribution >= 0.6 is 11.6 Å². The van der Waals surface area contributed by atoms with Gasteiger partial charge >= 0.3 is 0 Å². The van der Waals surface area contributed by atoms with Gasteiger partial charge in [-0.05, 0) is 31.0 Å². The zero-order valence-electron chi connectivity index (χ0n) is 11.4. The number of hydrogen-bond donors (Lipinski definition) is 2. The van der Waals surface area contributed by atoms with Crippen LogP contribution in [0.2, 0.25) is 5.02 Å². The molecule has 0 saturated heterocycles. The van der Waals surface area contributed by atoms with Crippen molar-refractivity contribution in [3.63, 3.8) is 0 Å². The molecule has 112 valence electrons. The normalized spacial score (nSPS) is 11.3. The molecule has 0 bridgehead atoms. The molecule has 1 rings (SSSR count). The van der Waals surface area contributed by atoms with E-state index < -0.39 is 9.84 Å². The molecule has 0 heterocycles. The van der Waals surface area contributed by atoms with Crippen molar-refractivity contribution in [2.45, 2.75) is 26.2 Å². The highest BCUT2D eigenvalue weighted by Gasteiger charge is 2.11. The summed E-state index contributed by atoms with van der Waals surface area (Å²) in [5.41, 5.74) is 6.54. The minimum atomic E-state index is -3.04. The Labute approximate surface area is 124 Å². The molecule has 0 fully saturated rings. The second-order valence-electron chi connectivity index (χ2n) is 4.54. The van der Waals surface area contributed by atoms with Crippen molar-refractivity contribution in [1.29, 1.82) is 0 Å². The molecule has 0 radical (unpaired) electrons. The lowest BCUT2D eigenvalue weighted by molar-refractivity contribution is -0.116. The van der Waals surface area contributed by atoms with Gasteiger partial charge in [-0.3, -0.25) is 4.79 Å². The minimum Gasteiger partial charge on any atom is -0.399 e. The first kappa shape index (κ1) is 16.8.